The summed E-state index contributed by atoms with van der Waals surface area (Å²) in [5, 5.41) is 3.34. The van der Waals surface area contributed by atoms with Gasteiger partial charge < -0.3 is 10.2 Å². The monoisotopic (exact) mass is 402 g/mol. The third-order valence-electron chi connectivity index (χ3n) is 4.64. The number of nitrogens with one attached hydrogen (secondary N) is 1. The van der Waals surface area contributed by atoms with Crippen LogP contribution in [0.1, 0.15) is 35.7 Å². The fraction of sp³-hybridized carbons (Fsp3) is 0.333. The van der Waals surface area contributed by atoms with Crippen molar-refractivity contribution in [3.63, 3.8) is 0 Å². The maximum absolute atomic E-state index is 12.9. The van der Waals surface area contributed by atoms with Crippen molar-refractivity contribution in [2.75, 3.05) is 18.4 Å². The lowest BCUT2D eigenvalue weighted by atomic mass is 10.1. The SMILES string of the molecule is Cc1cccc(C(=O)N2CCCC2)c1NC(=O)C(C)Sc1ccc(Cl)cc1. The van der Waals surface area contributed by atoms with Crippen molar-refractivity contribution in [3.8, 4) is 0 Å². The Morgan fingerprint density at radius 2 is 1.78 bits per heavy atom. The molecule has 27 heavy (non-hydrogen) atoms. The summed E-state index contributed by atoms with van der Waals surface area (Å²) in [6, 6.07) is 13.0. The van der Waals surface area contributed by atoms with Crippen molar-refractivity contribution < 1.29 is 9.59 Å². The average molecular weight is 403 g/mol. The Kier molecular flexibility index (Phi) is 6.45. The summed E-state index contributed by atoms with van der Waals surface area (Å²) in [5.74, 6) is -0.135. The summed E-state index contributed by atoms with van der Waals surface area (Å²) in [6.45, 7) is 5.33. The molecule has 1 aliphatic rings. The van der Waals surface area contributed by atoms with E-state index >= 15 is 0 Å². The summed E-state index contributed by atoms with van der Waals surface area (Å²) >= 11 is 7.37. The van der Waals surface area contributed by atoms with Gasteiger partial charge in [0.25, 0.3) is 5.91 Å². The third kappa shape index (κ3) is 4.85. The molecule has 0 aliphatic carbocycles. The number of aryl methyl sites for hydroxylation is 1. The number of rotatable bonds is 5. The van der Waals surface area contributed by atoms with Crippen molar-refractivity contribution in [3.05, 3.63) is 58.6 Å². The Labute approximate surface area is 169 Å². The van der Waals surface area contributed by atoms with Crippen LogP contribution in [0.4, 0.5) is 5.69 Å². The number of likely N-dealkylation sites (tertiary alicyclic amines) is 1. The second-order valence-corrected chi connectivity index (χ2v) is 8.55. The lowest BCUT2D eigenvalue weighted by molar-refractivity contribution is -0.115. The maximum Gasteiger partial charge on any atom is 0.255 e. The van der Waals surface area contributed by atoms with E-state index in [1.807, 2.05) is 55.1 Å². The largest absolute Gasteiger partial charge is 0.339 e. The predicted molar refractivity (Wildman–Crippen MR) is 112 cm³/mol. The number of hydrogen-bond donors (Lipinski definition) is 1. The molecule has 0 aromatic heterocycles. The van der Waals surface area contributed by atoms with Crippen molar-refractivity contribution in [2.24, 2.45) is 0 Å². The number of para-hydroxylation sites is 1. The predicted octanol–water partition coefficient (Wildman–Crippen LogP) is 5.00. The fourth-order valence-corrected chi connectivity index (χ4v) is 4.09. The van der Waals surface area contributed by atoms with E-state index in [-0.39, 0.29) is 17.1 Å². The highest BCUT2D eigenvalue weighted by molar-refractivity contribution is 8.00. The van der Waals surface area contributed by atoms with Crippen LogP contribution < -0.4 is 5.32 Å². The minimum absolute atomic E-state index is 0.00972. The molecular formula is C21H23ClN2O2S. The number of thioether (sulfide) groups is 1. The molecule has 0 bridgehead atoms. The van der Waals surface area contributed by atoms with Crippen molar-refractivity contribution in [1.82, 2.24) is 4.90 Å². The van der Waals surface area contributed by atoms with Gasteiger partial charge in [-0.05, 0) is 62.6 Å². The van der Waals surface area contributed by atoms with Gasteiger partial charge in [-0.2, -0.15) is 0 Å². The summed E-state index contributed by atoms with van der Waals surface area (Å²) in [6.07, 6.45) is 2.07. The van der Waals surface area contributed by atoms with Crippen LogP contribution in [0.15, 0.2) is 47.4 Å². The molecule has 1 N–H and O–H groups in total. The second-order valence-electron chi connectivity index (χ2n) is 6.70. The zero-order chi connectivity index (χ0) is 19.4. The van der Waals surface area contributed by atoms with Crippen LogP contribution in [-0.2, 0) is 4.79 Å². The topological polar surface area (TPSA) is 49.4 Å². The van der Waals surface area contributed by atoms with Gasteiger partial charge in [-0.1, -0.05) is 23.7 Å². The zero-order valence-electron chi connectivity index (χ0n) is 15.5. The number of anilines is 1. The van der Waals surface area contributed by atoms with E-state index in [2.05, 4.69) is 5.32 Å². The first-order chi connectivity index (χ1) is 13.0. The number of benzene rings is 2. The summed E-state index contributed by atoms with van der Waals surface area (Å²) in [7, 11) is 0. The Morgan fingerprint density at radius 3 is 2.44 bits per heavy atom. The van der Waals surface area contributed by atoms with Crippen LogP contribution in [0.25, 0.3) is 0 Å². The van der Waals surface area contributed by atoms with E-state index in [1.54, 1.807) is 6.07 Å². The Morgan fingerprint density at radius 1 is 1.11 bits per heavy atom. The van der Waals surface area contributed by atoms with Crippen LogP contribution in [-0.4, -0.2) is 35.1 Å². The molecule has 4 nitrogen and oxygen atoms in total. The van der Waals surface area contributed by atoms with Crippen LogP contribution >= 0.6 is 23.4 Å². The van der Waals surface area contributed by atoms with E-state index in [1.165, 1.54) is 11.8 Å². The first-order valence-electron chi connectivity index (χ1n) is 9.07. The number of nitrogens with zero attached hydrogens (tertiary/aromatic N) is 1. The molecule has 2 aromatic rings. The van der Waals surface area contributed by atoms with Gasteiger partial charge in [0.15, 0.2) is 0 Å². The molecule has 142 valence electrons. The number of carbonyl (C=O) groups excluding carboxylic acids is 2. The summed E-state index contributed by atoms with van der Waals surface area (Å²) in [5.41, 5.74) is 2.06. The zero-order valence-corrected chi connectivity index (χ0v) is 17.1. The molecule has 0 saturated carbocycles. The minimum atomic E-state index is -0.305. The van der Waals surface area contributed by atoms with Gasteiger partial charge in [-0.25, -0.2) is 0 Å². The number of halogens is 1. The molecule has 1 heterocycles. The first kappa shape index (κ1) is 19.8. The molecule has 3 rings (SSSR count). The summed E-state index contributed by atoms with van der Waals surface area (Å²) < 4.78 is 0. The van der Waals surface area contributed by atoms with Crippen molar-refractivity contribution in [2.45, 2.75) is 36.8 Å². The second kappa shape index (κ2) is 8.81. The average Bonchev–Trinajstić information content (AvgIpc) is 3.19. The summed E-state index contributed by atoms with van der Waals surface area (Å²) in [4.78, 5) is 28.4. The highest BCUT2D eigenvalue weighted by atomic mass is 35.5. The molecule has 6 heteroatoms. The molecule has 1 atom stereocenters. The van der Waals surface area contributed by atoms with Crippen LogP contribution in [0, 0.1) is 6.92 Å². The van der Waals surface area contributed by atoms with Gasteiger partial charge in [-0.15, -0.1) is 11.8 Å². The Hall–Kier alpha value is -1.98. The van der Waals surface area contributed by atoms with E-state index in [4.69, 9.17) is 11.6 Å². The van der Waals surface area contributed by atoms with Crippen LogP contribution in [0.3, 0.4) is 0 Å². The highest BCUT2D eigenvalue weighted by Crippen LogP contribution is 2.28. The van der Waals surface area contributed by atoms with E-state index in [0.29, 0.717) is 16.3 Å². The van der Waals surface area contributed by atoms with Crippen molar-refractivity contribution in [1.29, 1.82) is 0 Å². The number of hydrogen-bond acceptors (Lipinski definition) is 3. The van der Waals surface area contributed by atoms with Crippen LogP contribution in [0.2, 0.25) is 5.02 Å². The molecule has 2 amide bonds. The normalized spacial score (nSPS) is 14.9. The standard InChI is InChI=1S/C21H23ClN2O2S/c1-14-6-5-7-18(21(26)24-12-3-4-13-24)19(14)23-20(25)15(2)27-17-10-8-16(22)9-11-17/h5-11,15H,3-4,12-13H2,1-2H3,(H,23,25). The van der Waals surface area contributed by atoms with Gasteiger partial charge in [-0.3, -0.25) is 9.59 Å². The minimum Gasteiger partial charge on any atom is -0.339 e. The lowest BCUT2D eigenvalue weighted by Crippen LogP contribution is -2.30. The third-order valence-corrected chi connectivity index (χ3v) is 6.00. The highest BCUT2D eigenvalue weighted by Gasteiger charge is 2.24. The molecule has 1 aliphatic heterocycles. The van der Waals surface area contributed by atoms with Crippen LogP contribution in [0.5, 0.6) is 0 Å². The van der Waals surface area contributed by atoms with Gasteiger partial charge in [0, 0.05) is 23.0 Å². The van der Waals surface area contributed by atoms with Gasteiger partial charge in [0.05, 0.1) is 16.5 Å². The number of carbonyl (C=O) groups is 2. The van der Waals surface area contributed by atoms with Gasteiger partial charge in [0.1, 0.15) is 0 Å². The molecule has 0 radical (unpaired) electrons. The molecular weight excluding hydrogens is 380 g/mol. The van der Waals surface area contributed by atoms with E-state index < -0.39 is 0 Å². The van der Waals surface area contributed by atoms with Crippen molar-refractivity contribution >= 4 is 40.9 Å². The van der Waals surface area contributed by atoms with E-state index in [0.717, 1.165) is 36.4 Å². The molecule has 1 fully saturated rings. The van der Waals surface area contributed by atoms with Gasteiger partial charge >= 0.3 is 0 Å². The molecule has 1 saturated heterocycles. The quantitative estimate of drug-likeness (QED) is 0.715. The van der Waals surface area contributed by atoms with Gasteiger partial charge in [0.2, 0.25) is 5.91 Å². The first-order valence-corrected chi connectivity index (χ1v) is 10.3. The molecule has 2 aromatic carbocycles. The Bertz CT molecular complexity index is 833. The smallest absolute Gasteiger partial charge is 0.255 e. The Balaban J connectivity index is 1.74. The van der Waals surface area contributed by atoms with E-state index in [9.17, 15) is 9.59 Å². The molecule has 1 unspecified atom stereocenters. The number of amides is 2. The lowest BCUT2D eigenvalue weighted by Gasteiger charge is -2.20. The fourth-order valence-electron chi connectivity index (χ4n) is 3.10. The maximum atomic E-state index is 12.9. The molecule has 0 spiro atoms.